The second-order valence-corrected chi connectivity index (χ2v) is 12.7. The van der Waals surface area contributed by atoms with Gasteiger partial charge in [0, 0.05) is 0 Å². The van der Waals surface area contributed by atoms with Gasteiger partial charge in [0.2, 0.25) is 0 Å². The van der Waals surface area contributed by atoms with Gasteiger partial charge in [-0.2, -0.15) is 0 Å². The molecule has 12 nitrogen and oxygen atoms in total. The van der Waals surface area contributed by atoms with Crippen molar-refractivity contribution in [3.8, 4) is 0 Å². The zero-order valence-corrected chi connectivity index (χ0v) is 24.6. The summed E-state index contributed by atoms with van der Waals surface area (Å²) in [5.74, 6) is 0.991. The fraction of sp³-hybridized carbons (Fsp3) is 0.286. The Morgan fingerprint density at radius 3 is 2.41 bits per heavy atom. The van der Waals surface area contributed by atoms with E-state index in [1.165, 1.54) is 18.2 Å². The van der Waals surface area contributed by atoms with E-state index in [4.69, 9.17) is 0 Å². The number of ketones is 2. The Bertz CT molecular complexity index is 1540. The van der Waals surface area contributed by atoms with Crippen LogP contribution in [0, 0.1) is 0 Å². The van der Waals surface area contributed by atoms with E-state index in [1.807, 2.05) is 47.1 Å². The number of nitrogens with one attached hydrogen (secondary N) is 3. The van der Waals surface area contributed by atoms with Gasteiger partial charge in [0.15, 0.2) is 0 Å². The van der Waals surface area contributed by atoms with Gasteiger partial charge in [-0.05, 0) is 31.2 Å². The van der Waals surface area contributed by atoms with E-state index >= 15 is 0 Å². The number of allylic oxidation sites excluding steroid dienone is 4. The van der Waals surface area contributed by atoms with E-state index in [-0.39, 0.29) is 44.1 Å². The summed E-state index contributed by atoms with van der Waals surface area (Å²) in [5, 5.41) is 35.1. The molecule has 3 N–H and O–H groups in total. The Hall–Kier alpha value is -4.32. The number of rotatable bonds is 11. The summed E-state index contributed by atoms with van der Waals surface area (Å²) < 4.78 is 2.43. The summed E-state index contributed by atoms with van der Waals surface area (Å²) in [5.41, 5.74) is 2.58. The SMILES string of the molecule is CC(C)(C)n1nnnc1C(Nc1ccc(C(NCC[Se]C2=CC(=O)C=CC2=O)c2nn[nH]n2)cc1)c1ccccc1. The minimum Gasteiger partial charge on any atom is -0.0622 e. The fourth-order valence-electron chi connectivity index (χ4n) is 4.35. The van der Waals surface area contributed by atoms with Crippen molar-refractivity contribution in [1.29, 1.82) is 0 Å². The first-order chi connectivity index (χ1) is 19.8. The van der Waals surface area contributed by atoms with E-state index < -0.39 is 0 Å². The Kier molecular flexibility index (Phi) is 8.58. The predicted octanol–water partition coefficient (Wildman–Crippen LogP) is 2.54. The van der Waals surface area contributed by atoms with Crippen molar-refractivity contribution < 1.29 is 9.59 Å². The summed E-state index contributed by atoms with van der Waals surface area (Å²) in [4.78, 5) is 23.7. The number of benzene rings is 2. The Labute approximate surface area is 243 Å². The third-order valence-corrected chi connectivity index (χ3v) is 8.50. The molecule has 2 unspecified atom stereocenters. The minimum absolute atomic E-state index is 0.0901. The van der Waals surface area contributed by atoms with Gasteiger partial charge in [-0.15, -0.1) is 0 Å². The number of nitrogens with zero attached hydrogens (tertiary/aromatic N) is 7. The Morgan fingerprint density at radius 2 is 1.71 bits per heavy atom. The molecule has 0 amide bonds. The molecule has 2 aromatic carbocycles. The van der Waals surface area contributed by atoms with Gasteiger partial charge in [0.1, 0.15) is 0 Å². The van der Waals surface area contributed by atoms with Crippen LogP contribution in [0.1, 0.15) is 55.6 Å². The molecule has 2 atom stereocenters. The van der Waals surface area contributed by atoms with Crippen molar-refractivity contribution in [3.63, 3.8) is 0 Å². The number of tetrazole rings is 2. The van der Waals surface area contributed by atoms with Crippen LogP contribution in [0.5, 0.6) is 0 Å². The second-order valence-electron chi connectivity index (χ2n) is 10.3. The van der Waals surface area contributed by atoms with Crippen LogP contribution >= 0.6 is 0 Å². The molecule has 0 aliphatic heterocycles. The molecule has 1 aliphatic rings. The van der Waals surface area contributed by atoms with Crippen LogP contribution in [0.2, 0.25) is 5.32 Å². The van der Waals surface area contributed by atoms with Crippen molar-refractivity contribution in [2.75, 3.05) is 11.9 Å². The molecule has 41 heavy (non-hydrogen) atoms. The molecule has 13 heteroatoms. The molecule has 2 heterocycles. The zero-order chi connectivity index (χ0) is 28.8. The molecule has 5 rings (SSSR count). The van der Waals surface area contributed by atoms with Crippen LogP contribution < -0.4 is 10.6 Å². The van der Waals surface area contributed by atoms with Crippen molar-refractivity contribution in [2.45, 2.75) is 43.7 Å². The van der Waals surface area contributed by atoms with Crippen molar-refractivity contribution in [2.24, 2.45) is 0 Å². The number of H-pyrrole nitrogens is 1. The van der Waals surface area contributed by atoms with E-state index in [0.29, 0.717) is 22.7 Å². The molecule has 0 radical (unpaired) electrons. The number of hydrogen-bond donors (Lipinski definition) is 3. The molecule has 2 aromatic heterocycles. The van der Waals surface area contributed by atoms with E-state index in [9.17, 15) is 9.59 Å². The quantitative estimate of drug-likeness (QED) is 0.130. The van der Waals surface area contributed by atoms with E-state index in [2.05, 4.69) is 79.7 Å². The zero-order valence-electron chi connectivity index (χ0n) is 22.9. The van der Waals surface area contributed by atoms with Crippen LogP contribution in [0.4, 0.5) is 5.69 Å². The number of hydrogen-bond acceptors (Lipinski definition) is 10. The third-order valence-electron chi connectivity index (χ3n) is 6.32. The molecule has 0 fully saturated rings. The molecule has 0 saturated carbocycles. The van der Waals surface area contributed by atoms with Crippen molar-refractivity contribution in [3.05, 3.63) is 100 Å². The molecule has 210 valence electrons. The first-order valence-electron chi connectivity index (χ1n) is 13.1. The van der Waals surface area contributed by atoms with Crippen molar-refractivity contribution >= 4 is 32.2 Å². The second kappa shape index (κ2) is 12.5. The smallest absolute Gasteiger partial charge is 0.0622 e. The van der Waals surface area contributed by atoms with Gasteiger partial charge in [-0.3, -0.25) is 0 Å². The molecule has 4 aromatic rings. The number of anilines is 1. The molecule has 0 bridgehead atoms. The van der Waals surface area contributed by atoms with E-state index in [1.54, 1.807) is 0 Å². The normalized spacial score (nSPS) is 15.0. The summed E-state index contributed by atoms with van der Waals surface area (Å²) >= 11 is -0.130. The first kappa shape index (κ1) is 28.2. The molecular formula is C28H30N10O2Se. The van der Waals surface area contributed by atoms with Crippen molar-refractivity contribution in [1.82, 2.24) is 46.1 Å². The maximum absolute atomic E-state index is 12.1. The molecule has 0 saturated heterocycles. The van der Waals surface area contributed by atoms with Crippen LogP contribution in [0.15, 0.2) is 77.3 Å². The summed E-state index contributed by atoms with van der Waals surface area (Å²) in [6, 6.07) is 17.5. The number of carbonyl (C=O) groups is 2. The van der Waals surface area contributed by atoms with Gasteiger partial charge < -0.3 is 0 Å². The molecule has 1 aliphatic carbocycles. The van der Waals surface area contributed by atoms with Gasteiger partial charge in [0.05, 0.1) is 5.54 Å². The van der Waals surface area contributed by atoms with Crippen LogP contribution in [-0.2, 0) is 15.1 Å². The summed E-state index contributed by atoms with van der Waals surface area (Å²) in [6.45, 7) is 6.80. The van der Waals surface area contributed by atoms with Gasteiger partial charge in [-0.25, -0.2) is 0 Å². The number of aromatic amines is 1. The number of carbonyl (C=O) groups excluding carboxylic acids is 2. The topological polar surface area (TPSA) is 156 Å². The van der Waals surface area contributed by atoms with Gasteiger partial charge >= 0.3 is 189 Å². The fourth-order valence-corrected chi connectivity index (χ4v) is 6.13. The third kappa shape index (κ3) is 6.88. The van der Waals surface area contributed by atoms with Crippen LogP contribution in [0.25, 0.3) is 0 Å². The Balaban J connectivity index is 1.32. The monoisotopic (exact) mass is 618 g/mol. The average Bonchev–Trinajstić information content (AvgIpc) is 3.68. The van der Waals surface area contributed by atoms with Gasteiger partial charge in [0.25, 0.3) is 0 Å². The van der Waals surface area contributed by atoms with Gasteiger partial charge in [-0.1, -0.05) is 18.2 Å². The van der Waals surface area contributed by atoms with Crippen LogP contribution in [-0.4, -0.2) is 73.9 Å². The Morgan fingerprint density at radius 1 is 0.951 bits per heavy atom. The molecule has 0 spiro atoms. The van der Waals surface area contributed by atoms with E-state index in [0.717, 1.165) is 22.1 Å². The average molecular weight is 618 g/mol. The summed E-state index contributed by atoms with van der Waals surface area (Å²) in [6.07, 6.45) is 4.09. The predicted molar refractivity (Wildman–Crippen MR) is 153 cm³/mol. The minimum atomic E-state index is -0.311. The standard InChI is InChI=1S/C28H30N10O2Se/c1-28(2,3)38-27(33-36-37-38)25(18-7-5-4-6-8-18)30-20-11-9-19(10-12-20)24(26-31-34-35-32-26)29-15-16-41-23-17-21(39)13-14-22(23)40/h4-14,17,24-25,29-30H,15-16H2,1-3H3,(H,31,32,34,35). The molecular weight excluding hydrogens is 587 g/mol. The maximum atomic E-state index is 12.1. The summed E-state index contributed by atoms with van der Waals surface area (Å²) in [7, 11) is 0. The number of aromatic nitrogens is 8. The van der Waals surface area contributed by atoms with Crippen LogP contribution in [0.3, 0.4) is 0 Å². The first-order valence-corrected chi connectivity index (χ1v) is 15.1.